The third-order valence-electron chi connectivity index (χ3n) is 3.18. The molecule has 1 aliphatic rings. The number of hydrogen-bond acceptors (Lipinski definition) is 3. The van der Waals surface area contributed by atoms with Crippen molar-refractivity contribution in [1.29, 1.82) is 0 Å². The standard InChI is InChI=1S/C14H13NOS/c1-9-12(5-7-17-9)14(16)11-2-3-13-10(8-11)4-6-15-13/h2-3,5,7-8,15H,4,6H2,1H3. The van der Waals surface area contributed by atoms with Crippen LogP contribution >= 0.6 is 11.3 Å². The predicted octanol–water partition coefficient (Wildman–Crippen LogP) is 3.26. The molecule has 1 aromatic heterocycles. The molecule has 3 rings (SSSR count). The fourth-order valence-corrected chi connectivity index (χ4v) is 2.92. The molecule has 86 valence electrons. The molecule has 2 heterocycles. The largest absolute Gasteiger partial charge is 0.384 e. The van der Waals surface area contributed by atoms with Gasteiger partial charge in [-0.1, -0.05) is 0 Å². The van der Waals surface area contributed by atoms with Crippen LogP contribution in [0.15, 0.2) is 29.6 Å². The number of anilines is 1. The molecule has 1 N–H and O–H groups in total. The van der Waals surface area contributed by atoms with E-state index in [2.05, 4.69) is 5.32 Å². The van der Waals surface area contributed by atoms with Gasteiger partial charge in [0.25, 0.3) is 0 Å². The second kappa shape index (κ2) is 4.00. The Morgan fingerprint density at radius 1 is 1.35 bits per heavy atom. The number of nitrogens with one attached hydrogen (secondary N) is 1. The summed E-state index contributed by atoms with van der Waals surface area (Å²) in [5.41, 5.74) is 4.06. The number of rotatable bonds is 2. The summed E-state index contributed by atoms with van der Waals surface area (Å²) in [6, 6.07) is 7.86. The highest BCUT2D eigenvalue weighted by Crippen LogP contribution is 2.25. The van der Waals surface area contributed by atoms with Gasteiger partial charge in [0, 0.05) is 28.2 Å². The molecular weight excluding hydrogens is 230 g/mol. The van der Waals surface area contributed by atoms with E-state index in [0.29, 0.717) is 0 Å². The Morgan fingerprint density at radius 3 is 3.00 bits per heavy atom. The van der Waals surface area contributed by atoms with Gasteiger partial charge >= 0.3 is 0 Å². The normalized spacial score (nSPS) is 13.2. The first kappa shape index (κ1) is 10.5. The summed E-state index contributed by atoms with van der Waals surface area (Å²) in [6.45, 7) is 2.97. The average molecular weight is 243 g/mol. The summed E-state index contributed by atoms with van der Waals surface area (Å²) < 4.78 is 0. The van der Waals surface area contributed by atoms with Crippen LogP contribution in [-0.2, 0) is 6.42 Å². The Labute approximate surface area is 104 Å². The van der Waals surface area contributed by atoms with Gasteiger partial charge < -0.3 is 5.32 Å². The topological polar surface area (TPSA) is 29.1 Å². The van der Waals surface area contributed by atoms with Crippen molar-refractivity contribution in [3.05, 3.63) is 51.2 Å². The van der Waals surface area contributed by atoms with Crippen LogP contribution in [-0.4, -0.2) is 12.3 Å². The van der Waals surface area contributed by atoms with E-state index in [1.807, 2.05) is 36.6 Å². The predicted molar refractivity (Wildman–Crippen MR) is 71.1 cm³/mol. The van der Waals surface area contributed by atoms with Gasteiger partial charge in [0.05, 0.1) is 0 Å². The van der Waals surface area contributed by atoms with Crippen molar-refractivity contribution < 1.29 is 4.79 Å². The van der Waals surface area contributed by atoms with Crippen molar-refractivity contribution in [2.75, 3.05) is 11.9 Å². The fraction of sp³-hybridized carbons (Fsp3) is 0.214. The van der Waals surface area contributed by atoms with E-state index >= 15 is 0 Å². The highest BCUT2D eigenvalue weighted by molar-refractivity contribution is 7.10. The number of aryl methyl sites for hydroxylation is 1. The molecule has 0 aliphatic carbocycles. The molecule has 3 heteroatoms. The third-order valence-corrected chi connectivity index (χ3v) is 4.03. The van der Waals surface area contributed by atoms with Crippen LogP contribution in [0.4, 0.5) is 5.69 Å². The van der Waals surface area contributed by atoms with Gasteiger partial charge in [0.15, 0.2) is 5.78 Å². The molecule has 1 aliphatic heterocycles. The van der Waals surface area contributed by atoms with E-state index in [-0.39, 0.29) is 5.78 Å². The highest BCUT2D eigenvalue weighted by Gasteiger charge is 2.16. The molecule has 0 unspecified atom stereocenters. The smallest absolute Gasteiger partial charge is 0.194 e. The lowest BCUT2D eigenvalue weighted by atomic mass is 10.0. The number of carbonyl (C=O) groups is 1. The van der Waals surface area contributed by atoms with E-state index in [0.717, 1.165) is 29.0 Å². The van der Waals surface area contributed by atoms with E-state index in [1.165, 1.54) is 11.3 Å². The Kier molecular flexibility index (Phi) is 2.48. The summed E-state index contributed by atoms with van der Waals surface area (Å²) in [5.74, 6) is 0.137. The lowest BCUT2D eigenvalue weighted by Crippen LogP contribution is -2.01. The second-order valence-electron chi connectivity index (χ2n) is 4.27. The second-order valence-corrected chi connectivity index (χ2v) is 5.39. The Hall–Kier alpha value is -1.61. The van der Waals surface area contributed by atoms with E-state index in [9.17, 15) is 4.79 Å². The first-order chi connectivity index (χ1) is 8.25. The quantitative estimate of drug-likeness (QED) is 0.820. The minimum absolute atomic E-state index is 0.137. The van der Waals surface area contributed by atoms with Crippen molar-refractivity contribution in [2.24, 2.45) is 0 Å². The summed E-state index contributed by atoms with van der Waals surface area (Å²) in [6.07, 6.45) is 1.01. The molecule has 17 heavy (non-hydrogen) atoms. The van der Waals surface area contributed by atoms with Gasteiger partial charge in [-0.2, -0.15) is 0 Å². The Bertz CT molecular complexity index is 586. The van der Waals surface area contributed by atoms with Crippen molar-refractivity contribution >= 4 is 22.8 Å². The maximum atomic E-state index is 12.3. The maximum absolute atomic E-state index is 12.3. The van der Waals surface area contributed by atoms with Crippen LogP contribution < -0.4 is 5.32 Å². The third kappa shape index (κ3) is 1.76. The minimum atomic E-state index is 0.137. The van der Waals surface area contributed by atoms with E-state index in [1.54, 1.807) is 11.3 Å². The van der Waals surface area contributed by atoms with Gasteiger partial charge in [-0.05, 0) is 48.6 Å². The van der Waals surface area contributed by atoms with Crippen LogP contribution in [0.25, 0.3) is 0 Å². The number of hydrogen-bond donors (Lipinski definition) is 1. The molecule has 0 saturated carbocycles. The first-order valence-electron chi connectivity index (χ1n) is 5.71. The molecule has 0 amide bonds. The number of carbonyl (C=O) groups excluding carboxylic acids is 1. The van der Waals surface area contributed by atoms with Crippen LogP contribution in [0.3, 0.4) is 0 Å². The zero-order chi connectivity index (χ0) is 11.8. The van der Waals surface area contributed by atoms with Crippen LogP contribution in [0.1, 0.15) is 26.4 Å². The van der Waals surface area contributed by atoms with Crippen LogP contribution in [0.5, 0.6) is 0 Å². The summed E-state index contributed by atoms with van der Waals surface area (Å²) >= 11 is 1.62. The monoisotopic (exact) mass is 243 g/mol. The SMILES string of the molecule is Cc1sccc1C(=O)c1ccc2c(c1)CCN2. The molecule has 0 bridgehead atoms. The Balaban J connectivity index is 2.00. The molecule has 0 radical (unpaired) electrons. The number of benzene rings is 1. The van der Waals surface area contributed by atoms with Gasteiger partial charge in [0.1, 0.15) is 0 Å². The zero-order valence-electron chi connectivity index (χ0n) is 9.62. The summed E-state index contributed by atoms with van der Waals surface area (Å²) in [7, 11) is 0. The van der Waals surface area contributed by atoms with Crippen molar-refractivity contribution in [2.45, 2.75) is 13.3 Å². The molecule has 2 aromatic rings. The zero-order valence-corrected chi connectivity index (χ0v) is 10.4. The maximum Gasteiger partial charge on any atom is 0.194 e. The van der Waals surface area contributed by atoms with Crippen molar-refractivity contribution in [3.63, 3.8) is 0 Å². The first-order valence-corrected chi connectivity index (χ1v) is 6.59. The number of thiophene rings is 1. The number of fused-ring (bicyclic) bond motifs is 1. The lowest BCUT2D eigenvalue weighted by Gasteiger charge is -2.04. The lowest BCUT2D eigenvalue weighted by molar-refractivity contribution is 0.103. The van der Waals surface area contributed by atoms with Gasteiger partial charge in [-0.15, -0.1) is 11.3 Å². The van der Waals surface area contributed by atoms with Crippen LogP contribution in [0.2, 0.25) is 0 Å². The average Bonchev–Trinajstić information content (AvgIpc) is 2.95. The van der Waals surface area contributed by atoms with Crippen molar-refractivity contribution in [3.8, 4) is 0 Å². The van der Waals surface area contributed by atoms with E-state index in [4.69, 9.17) is 0 Å². The molecule has 0 spiro atoms. The van der Waals surface area contributed by atoms with Crippen molar-refractivity contribution in [1.82, 2.24) is 0 Å². The molecule has 0 fully saturated rings. The molecular formula is C14H13NOS. The number of ketones is 1. The van der Waals surface area contributed by atoms with Gasteiger partial charge in [-0.3, -0.25) is 4.79 Å². The van der Waals surface area contributed by atoms with Gasteiger partial charge in [-0.25, -0.2) is 0 Å². The summed E-state index contributed by atoms with van der Waals surface area (Å²) in [4.78, 5) is 13.4. The molecule has 1 aromatic carbocycles. The minimum Gasteiger partial charge on any atom is -0.384 e. The molecule has 0 atom stereocenters. The molecule has 0 saturated heterocycles. The summed E-state index contributed by atoms with van der Waals surface area (Å²) in [5, 5.41) is 5.27. The molecule has 2 nitrogen and oxygen atoms in total. The highest BCUT2D eigenvalue weighted by atomic mass is 32.1. The van der Waals surface area contributed by atoms with Gasteiger partial charge in [0.2, 0.25) is 0 Å². The van der Waals surface area contributed by atoms with Crippen LogP contribution in [0, 0.1) is 6.92 Å². The fourth-order valence-electron chi connectivity index (χ4n) is 2.22. The Morgan fingerprint density at radius 2 is 2.24 bits per heavy atom. The van der Waals surface area contributed by atoms with E-state index < -0.39 is 0 Å².